The van der Waals surface area contributed by atoms with E-state index in [0.717, 1.165) is 16.8 Å². The van der Waals surface area contributed by atoms with E-state index in [9.17, 15) is 18.0 Å². The Bertz CT molecular complexity index is 1600. The fourth-order valence-electron chi connectivity index (χ4n) is 4.78. The van der Waals surface area contributed by atoms with Crippen LogP contribution >= 0.6 is 0 Å². The van der Waals surface area contributed by atoms with E-state index < -0.39 is 12.7 Å². The largest absolute Gasteiger partial charge is 0.401 e. The molecule has 1 aliphatic heterocycles. The Hall–Kier alpha value is -3.99. The van der Waals surface area contributed by atoms with Crippen LogP contribution in [0.5, 0.6) is 0 Å². The second-order valence-corrected chi connectivity index (χ2v) is 10.7. The van der Waals surface area contributed by atoms with Crippen LogP contribution < -0.4 is 10.9 Å². The normalized spacial score (nSPS) is 14.4. The Labute approximate surface area is 223 Å². The summed E-state index contributed by atoms with van der Waals surface area (Å²) >= 11 is 0. The SMILES string of the molecule is C=CCn1c(=O)c2cnc(Nc3ccc4c(c3)CN(CC(F)(F)F)CC4)nc2n1-c1cccc(C(C)(C)C)n1. The number of alkyl halides is 3. The number of rotatable bonds is 6. The first kappa shape index (κ1) is 26.6. The summed E-state index contributed by atoms with van der Waals surface area (Å²) in [6.45, 7) is 9.87. The molecule has 0 spiro atoms. The highest BCUT2D eigenvalue weighted by Gasteiger charge is 2.32. The molecule has 1 N–H and O–H groups in total. The number of nitrogens with one attached hydrogen (secondary N) is 1. The van der Waals surface area contributed by atoms with Gasteiger partial charge in [0.25, 0.3) is 5.56 Å². The molecule has 8 nitrogen and oxygen atoms in total. The molecule has 0 fully saturated rings. The molecule has 0 saturated carbocycles. The highest BCUT2D eigenvalue weighted by Crippen LogP contribution is 2.27. The number of aromatic nitrogens is 5. The van der Waals surface area contributed by atoms with Crippen LogP contribution in [0.4, 0.5) is 24.8 Å². The summed E-state index contributed by atoms with van der Waals surface area (Å²) in [6.07, 6.45) is -0.583. The van der Waals surface area contributed by atoms with Gasteiger partial charge in [-0.25, -0.2) is 19.3 Å². The van der Waals surface area contributed by atoms with Gasteiger partial charge >= 0.3 is 6.18 Å². The van der Waals surface area contributed by atoms with Crippen molar-refractivity contribution in [3.63, 3.8) is 0 Å². The fourth-order valence-corrected chi connectivity index (χ4v) is 4.78. The quantitative estimate of drug-likeness (QED) is 0.344. The van der Waals surface area contributed by atoms with Crippen LogP contribution in [0.1, 0.15) is 37.6 Å². The van der Waals surface area contributed by atoms with Crippen LogP contribution in [-0.2, 0) is 24.9 Å². The Morgan fingerprint density at radius 2 is 1.90 bits per heavy atom. The zero-order valence-corrected chi connectivity index (χ0v) is 22.1. The van der Waals surface area contributed by atoms with E-state index in [1.54, 1.807) is 10.8 Å². The molecule has 0 saturated heterocycles. The van der Waals surface area contributed by atoms with Crippen LogP contribution in [-0.4, -0.2) is 48.5 Å². The topological polar surface area (TPSA) is 80.9 Å². The maximum absolute atomic E-state index is 13.2. The van der Waals surface area contributed by atoms with Gasteiger partial charge in [0.15, 0.2) is 11.5 Å². The number of hydrogen-bond donors (Lipinski definition) is 1. The first-order valence-corrected chi connectivity index (χ1v) is 12.7. The maximum Gasteiger partial charge on any atom is 0.401 e. The zero-order valence-electron chi connectivity index (χ0n) is 22.1. The number of nitrogens with zero attached hydrogens (tertiary/aromatic N) is 6. The van der Waals surface area contributed by atoms with Crippen molar-refractivity contribution in [2.24, 2.45) is 0 Å². The van der Waals surface area contributed by atoms with Gasteiger partial charge < -0.3 is 5.32 Å². The van der Waals surface area contributed by atoms with Crippen LogP contribution in [0.2, 0.25) is 0 Å². The molecule has 0 amide bonds. The van der Waals surface area contributed by atoms with Crippen LogP contribution in [0.25, 0.3) is 16.9 Å². The van der Waals surface area contributed by atoms with E-state index in [0.29, 0.717) is 35.5 Å². The van der Waals surface area contributed by atoms with Crippen molar-refractivity contribution in [2.75, 3.05) is 18.4 Å². The molecule has 11 heteroatoms. The minimum Gasteiger partial charge on any atom is -0.324 e. The van der Waals surface area contributed by atoms with Gasteiger partial charge in [0.05, 0.1) is 13.1 Å². The molecule has 1 aliphatic rings. The van der Waals surface area contributed by atoms with E-state index in [1.807, 2.05) is 36.4 Å². The number of halogens is 3. The lowest BCUT2D eigenvalue weighted by atomic mass is 9.92. The number of benzene rings is 1. The van der Waals surface area contributed by atoms with E-state index in [2.05, 4.69) is 42.6 Å². The van der Waals surface area contributed by atoms with Gasteiger partial charge in [0.1, 0.15) is 5.39 Å². The molecule has 4 aromatic rings. The molecule has 0 radical (unpaired) electrons. The number of allylic oxidation sites excluding steroid dienone is 1. The summed E-state index contributed by atoms with van der Waals surface area (Å²) in [4.78, 5) is 28.5. The average molecular weight is 538 g/mol. The Kier molecular flexibility index (Phi) is 6.79. The average Bonchev–Trinajstić information content (AvgIpc) is 3.13. The lowest BCUT2D eigenvalue weighted by Crippen LogP contribution is -2.37. The van der Waals surface area contributed by atoms with Crippen LogP contribution in [0, 0.1) is 0 Å². The minimum absolute atomic E-state index is 0.202. The van der Waals surface area contributed by atoms with E-state index in [4.69, 9.17) is 4.98 Å². The summed E-state index contributed by atoms with van der Waals surface area (Å²) < 4.78 is 41.9. The molecule has 0 bridgehead atoms. The van der Waals surface area contributed by atoms with Gasteiger partial charge in [-0.3, -0.25) is 9.69 Å². The molecule has 3 aromatic heterocycles. The first-order valence-electron chi connectivity index (χ1n) is 12.7. The van der Waals surface area contributed by atoms with Crippen molar-refractivity contribution in [1.82, 2.24) is 29.2 Å². The van der Waals surface area contributed by atoms with Crippen molar-refractivity contribution in [2.45, 2.75) is 51.9 Å². The highest BCUT2D eigenvalue weighted by molar-refractivity contribution is 5.77. The Balaban J connectivity index is 1.52. The lowest BCUT2D eigenvalue weighted by Gasteiger charge is -2.29. The number of hydrogen-bond acceptors (Lipinski definition) is 6. The van der Waals surface area contributed by atoms with Crippen LogP contribution in [0.15, 0.2) is 60.0 Å². The van der Waals surface area contributed by atoms with Gasteiger partial charge in [-0.1, -0.05) is 39.0 Å². The van der Waals surface area contributed by atoms with Crippen molar-refractivity contribution in [1.29, 1.82) is 0 Å². The monoisotopic (exact) mass is 537 g/mol. The molecule has 0 aliphatic carbocycles. The van der Waals surface area contributed by atoms with E-state index in [1.165, 1.54) is 15.8 Å². The molecular weight excluding hydrogens is 507 g/mol. The summed E-state index contributed by atoms with van der Waals surface area (Å²) in [7, 11) is 0. The summed E-state index contributed by atoms with van der Waals surface area (Å²) in [6, 6.07) is 11.3. The molecule has 204 valence electrons. The molecule has 1 aromatic carbocycles. The standard InChI is InChI=1S/C28H30F3N7O/c1-5-12-37-25(39)21-15-32-26(35-24(21)38(37)23-8-6-7-22(34-23)27(2,3)4)33-20-10-9-18-11-13-36(16-19(18)14-20)17-28(29,30)31/h5-10,14-15H,1,11-13,16-17H2,2-4H3,(H,32,33,35). The van der Waals surface area contributed by atoms with Gasteiger partial charge in [0, 0.05) is 36.1 Å². The second-order valence-electron chi connectivity index (χ2n) is 10.7. The summed E-state index contributed by atoms with van der Waals surface area (Å²) in [5.41, 5.74) is 3.27. The molecular formula is C28H30F3N7O. The van der Waals surface area contributed by atoms with Gasteiger partial charge in [-0.2, -0.15) is 18.2 Å². The molecule has 0 unspecified atom stereocenters. The third kappa shape index (κ3) is 5.58. The fraction of sp³-hybridized carbons (Fsp3) is 0.357. The van der Waals surface area contributed by atoms with Crippen LogP contribution in [0.3, 0.4) is 0 Å². The number of fused-ring (bicyclic) bond motifs is 2. The van der Waals surface area contributed by atoms with Crippen molar-refractivity contribution in [3.8, 4) is 5.82 Å². The summed E-state index contributed by atoms with van der Waals surface area (Å²) in [5.74, 6) is 0.793. The molecule has 0 atom stereocenters. The zero-order chi connectivity index (χ0) is 27.9. The number of anilines is 2. The second kappa shape index (κ2) is 9.96. The van der Waals surface area contributed by atoms with E-state index in [-0.39, 0.29) is 30.0 Å². The first-order chi connectivity index (χ1) is 18.4. The molecule has 4 heterocycles. The highest BCUT2D eigenvalue weighted by atomic mass is 19.4. The Morgan fingerprint density at radius 1 is 1.10 bits per heavy atom. The predicted molar refractivity (Wildman–Crippen MR) is 145 cm³/mol. The molecule has 5 rings (SSSR count). The third-order valence-electron chi connectivity index (χ3n) is 6.65. The van der Waals surface area contributed by atoms with Gasteiger partial charge in [0.2, 0.25) is 5.95 Å². The molecule has 39 heavy (non-hydrogen) atoms. The van der Waals surface area contributed by atoms with E-state index >= 15 is 0 Å². The number of pyridine rings is 1. The maximum atomic E-state index is 13.2. The summed E-state index contributed by atoms with van der Waals surface area (Å²) in [5, 5.41) is 3.49. The van der Waals surface area contributed by atoms with Crippen molar-refractivity contribution < 1.29 is 13.2 Å². The third-order valence-corrected chi connectivity index (χ3v) is 6.65. The van der Waals surface area contributed by atoms with Crippen molar-refractivity contribution >= 4 is 22.7 Å². The Morgan fingerprint density at radius 3 is 2.62 bits per heavy atom. The van der Waals surface area contributed by atoms with Gasteiger partial charge in [-0.15, -0.1) is 6.58 Å². The lowest BCUT2D eigenvalue weighted by molar-refractivity contribution is -0.147. The van der Waals surface area contributed by atoms with Gasteiger partial charge in [-0.05, 0) is 41.8 Å². The minimum atomic E-state index is -4.24. The smallest absolute Gasteiger partial charge is 0.324 e. The predicted octanol–water partition coefficient (Wildman–Crippen LogP) is 5.12. The van der Waals surface area contributed by atoms with Crippen molar-refractivity contribution in [3.05, 3.63) is 82.4 Å².